The second-order valence-corrected chi connectivity index (χ2v) is 40.1. The van der Waals surface area contributed by atoms with E-state index in [0.29, 0.717) is 130 Å². The molecule has 0 saturated heterocycles. The number of ether oxygens (including phenoxy) is 4. The van der Waals surface area contributed by atoms with Gasteiger partial charge in [-0.3, -0.25) is 14.4 Å². The maximum Gasteiger partial charge on any atom is 0.188 e. The lowest BCUT2D eigenvalue weighted by atomic mass is 9.55. The normalized spacial score (nSPS) is 38.6. The van der Waals surface area contributed by atoms with E-state index in [9.17, 15) is 60.3 Å². The number of phenolic OH excluding ortho intramolecular Hbond substituents is 3. The Morgan fingerprint density at radius 2 is 0.765 bits per heavy atom. The number of fused-ring (bicyclic) bond motifs is 25. The van der Waals surface area contributed by atoms with Crippen molar-refractivity contribution in [2.75, 3.05) is 27.8 Å². The van der Waals surface area contributed by atoms with Crippen LogP contribution in [0.4, 0.5) is 0 Å². The van der Waals surface area contributed by atoms with E-state index < -0.39 is 0 Å². The smallest absolute Gasteiger partial charge is 0.188 e. The first-order chi connectivity index (χ1) is 55.2. The number of carbonyl (C=O) groups excluding carboxylic acids is 3. The number of benzene rings is 5. The van der Waals surface area contributed by atoms with Crippen LogP contribution in [-0.4, -0.2) is 123 Å². The van der Waals surface area contributed by atoms with Crippen LogP contribution < -0.4 is 4.74 Å². The number of rotatable bonds is 10. The summed E-state index contributed by atoms with van der Waals surface area (Å²) in [5, 5.41) is 90.8. The molecule has 0 radical (unpaired) electrons. The number of aromatic hydroxyl groups is 4. The third kappa shape index (κ3) is 14.5. The minimum atomic E-state index is -0.151. The molecule has 0 amide bonds. The number of hydrogen-bond donors (Lipinski definition) is 9. The Bertz CT molecular complexity index is 4410. The quantitative estimate of drug-likeness (QED) is 0.0357. The predicted octanol–water partition coefficient (Wildman–Crippen LogP) is 18.3. The van der Waals surface area contributed by atoms with Crippen LogP contribution >= 0.6 is 0 Å². The molecule has 25 atom stereocenters. The number of hydrogen-bond acceptors (Lipinski definition) is 16. The Labute approximate surface area is 682 Å². The molecule has 15 unspecified atom stereocenters. The zero-order chi connectivity index (χ0) is 80.9. The lowest BCUT2D eigenvalue weighted by Crippen LogP contribution is -2.44. The third-order valence-electron chi connectivity index (χ3n) is 35.4. The molecule has 0 spiro atoms. The van der Waals surface area contributed by atoms with Gasteiger partial charge in [-0.15, -0.1) is 0 Å². The van der Waals surface area contributed by atoms with Crippen LogP contribution in [-0.2, 0) is 52.9 Å². The molecule has 15 aliphatic carbocycles. The number of ketones is 1. The molecule has 16 heteroatoms. The van der Waals surface area contributed by atoms with E-state index in [-0.39, 0.29) is 87.9 Å². The summed E-state index contributed by atoms with van der Waals surface area (Å²) in [6, 6.07) is 21.5. The van der Waals surface area contributed by atoms with Gasteiger partial charge in [-0.2, -0.15) is 0 Å². The molecular weight excluding hydrogens is 1450 g/mol. The molecule has 115 heavy (non-hydrogen) atoms. The molecule has 10 fully saturated rings. The van der Waals surface area contributed by atoms with E-state index in [1.54, 1.807) is 20.3 Å². The highest BCUT2D eigenvalue weighted by Crippen LogP contribution is 2.67. The van der Waals surface area contributed by atoms with E-state index in [0.717, 1.165) is 166 Å². The van der Waals surface area contributed by atoms with Crippen molar-refractivity contribution >= 4 is 18.4 Å². The van der Waals surface area contributed by atoms with Crippen molar-refractivity contribution < 1.29 is 79.3 Å². The van der Waals surface area contributed by atoms with Crippen LogP contribution in [0.2, 0.25) is 0 Å². The molecular formula is C99H132O16. The number of aldehydes is 2. The van der Waals surface area contributed by atoms with E-state index in [4.69, 9.17) is 18.9 Å². The molecule has 10 saturated carbocycles. The number of aliphatic hydroxyl groups is 5. The lowest BCUT2D eigenvalue weighted by molar-refractivity contribution is -0.125. The zero-order valence-corrected chi connectivity index (χ0v) is 69.8. The van der Waals surface area contributed by atoms with Crippen LogP contribution in [0.1, 0.15) is 324 Å². The van der Waals surface area contributed by atoms with Crippen molar-refractivity contribution in [3.8, 4) is 28.7 Å². The van der Waals surface area contributed by atoms with Crippen molar-refractivity contribution in [3.63, 3.8) is 0 Å². The number of Topliss-reactive ketones (excluding diaryl/α,β-unsaturated/α-hetero) is 1. The second kappa shape index (κ2) is 32.7. The highest BCUT2D eigenvalue weighted by molar-refractivity contribution is 5.97. The van der Waals surface area contributed by atoms with Gasteiger partial charge in [0.05, 0.1) is 53.8 Å². The highest BCUT2D eigenvalue weighted by Gasteiger charge is 2.60. The third-order valence-corrected chi connectivity index (χ3v) is 35.4. The zero-order valence-electron chi connectivity index (χ0n) is 69.8. The summed E-state index contributed by atoms with van der Waals surface area (Å²) in [5.74, 6) is 10.7. The van der Waals surface area contributed by atoms with Gasteiger partial charge < -0.3 is 64.9 Å². The Morgan fingerprint density at radius 3 is 1.19 bits per heavy atom. The fourth-order valence-electron chi connectivity index (χ4n) is 29.2. The minimum Gasteiger partial charge on any atom is -0.508 e. The van der Waals surface area contributed by atoms with Crippen LogP contribution in [0.15, 0.2) is 66.7 Å². The summed E-state index contributed by atoms with van der Waals surface area (Å²) in [4.78, 5) is 34.6. The minimum absolute atomic E-state index is 0.0654. The maximum absolute atomic E-state index is 11.8. The molecule has 15 aliphatic rings. The fraction of sp³-hybridized carbons (Fsp3) is 0.667. The van der Waals surface area contributed by atoms with Gasteiger partial charge in [0, 0.05) is 19.8 Å². The molecule has 16 nitrogen and oxygen atoms in total. The number of aliphatic hydroxyl groups excluding tert-OH is 5. The van der Waals surface area contributed by atoms with E-state index in [1.807, 2.05) is 42.5 Å². The Hall–Kier alpha value is -6.21. The van der Waals surface area contributed by atoms with E-state index >= 15 is 0 Å². The number of carbonyl (C=O) groups is 3. The largest absolute Gasteiger partial charge is 0.508 e. The van der Waals surface area contributed by atoms with Gasteiger partial charge in [-0.05, 0) is 432 Å². The summed E-state index contributed by atoms with van der Waals surface area (Å²) < 4.78 is 21.9. The monoisotopic (exact) mass is 1580 g/mol. The predicted molar refractivity (Wildman–Crippen MR) is 442 cm³/mol. The molecule has 0 aromatic heterocycles. The Morgan fingerprint density at radius 1 is 0.400 bits per heavy atom. The first-order valence-electron chi connectivity index (χ1n) is 44.7. The average Bonchev–Trinajstić information content (AvgIpc) is 1.67. The molecule has 0 aliphatic heterocycles. The molecule has 5 aromatic rings. The van der Waals surface area contributed by atoms with Crippen LogP contribution in [0.5, 0.6) is 28.7 Å². The molecule has 20 rings (SSSR count). The summed E-state index contributed by atoms with van der Waals surface area (Å²) in [6.45, 7) is 13.5. The standard InChI is InChI=1S/C23H32O5.C20H26O3.C19H26O3.C19H24O3.C18H24O2/c1-23-9-8-17-18(20(23)6-7-22(23)28-14-26-3)5-4-15-11-21(27-13-25-2)16(12-24)10-19(15)17;1-11(21)15-10-16-12(9-18(15)22)3-4-14-13(16)7-8-20(2)17(14)5-6-19(20)23;2*1-19-7-6-13-14(16(19)4-5-18(19)22)3-2-11-9-17(21)12(10-20)8-15(11)13;1-18-9-8-14-13-5-3-12(19)10-11(13)2-4-15(14)16(18)6-7-17(18)20/h10-12,17-18,20,22H,4-9,13-14H2,1-3H3;9-10,13-14,17,19,22-23H,3-8H2,1-2H3;8-9,13-14,16,18,20-22H,2-7,10H2,1H3;8-10,13-14,16,18,21-22H,2-7H2,1H3;3,5,10,14-17,19-20H,2,4,6-9H2,1H3/t17?,18?,20?,22-,23-;13?,14?,17?,19-,20-;2*13?,14?,16?,18-,19-;14?,15?,16?,17-,18-/m00000/s1. The van der Waals surface area contributed by atoms with Crippen molar-refractivity contribution in [1.82, 2.24) is 0 Å². The van der Waals surface area contributed by atoms with Gasteiger partial charge in [0.25, 0.3) is 0 Å². The maximum atomic E-state index is 11.8. The number of aryl methyl sites for hydroxylation is 5. The van der Waals surface area contributed by atoms with Gasteiger partial charge in [-0.1, -0.05) is 40.7 Å². The summed E-state index contributed by atoms with van der Waals surface area (Å²) in [7, 11) is 3.28. The molecule has 0 bridgehead atoms. The Kier molecular flexibility index (Phi) is 23.5. The first kappa shape index (κ1) is 82.5. The van der Waals surface area contributed by atoms with E-state index in [1.165, 1.54) is 108 Å². The number of methoxy groups -OCH3 is 2. The van der Waals surface area contributed by atoms with Crippen molar-refractivity contribution in [1.29, 1.82) is 0 Å². The van der Waals surface area contributed by atoms with Crippen LogP contribution in [0, 0.1) is 86.3 Å². The molecule has 0 heterocycles. The summed E-state index contributed by atoms with van der Waals surface area (Å²) >= 11 is 0. The van der Waals surface area contributed by atoms with Crippen molar-refractivity contribution in [3.05, 3.63) is 145 Å². The SMILES string of the molecule is CC(=O)c1cc2c(cc1O)CCC1C2CC[C@@]2(C)C1CC[C@@H]2O.COCOc1cc2c(cc1C=O)C1CC[C@@]3(C)C(CC[C@@H]3OCOC)C1CC2.C[C@]12CCC3c4cc(C=O)c(O)cc4CCC3C1CC[C@@H]2O.C[C@]12CCC3c4cc(CO)c(O)cc4CCC3C1CC[C@@H]2O.C[C@]12CCC3c4ccc(O)cc4CCC3C1CC[C@@H]2O. The Balaban J connectivity index is 0.000000108. The molecule has 9 N–H and O–H groups in total. The number of phenols is 4. The van der Waals surface area contributed by atoms with Crippen molar-refractivity contribution in [2.45, 2.75) is 301 Å². The van der Waals surface area contributed by atoms with Gasteiger partial charge >= 0.3 is 0 Å². The van der Waals surface area contributed by atoms with Gasteiger partial charge in [0.1, 0.15) is 35.5 Å². The van der Waals surface area contributed by atoms with Crippen molar-refractivity contribution in [2.24, 2.45) is 86.3 Å². The summed E-state index contributed by atoms with van der Waals surface area (Å²) in [6.07, 6.45) is 34.5. The van der Waals surface area contributed by atoms with E-state index in [2.05, 4.69) is 52.8 Å². The van der Waals surface area contributed by atoms with Gasteiger partial charge in [0.2, 0.25) is 0 Å². The fourth-order valence-corrected chi connectivity index (χ4v) is 29.2. The van der Waals surface area contributed by atoms with Gasteiger partial charge in [-0.25, -0.2) is 0 Å². The highest BCUT2D eigenvalue weighted by atomic mass is 16.7. The molecule has 5 aromatic carbocycles. The lowest BCUT2D eigenvalue weighted by Gasteiger charge is -2.50. The van der Waals surface area contributed by atoms with Gasteiger partial charge in [0.15, 0.2) is 25.1 Å². The topological polar surface area (TPSA) is 270 Å². The second-order valence-electron chi connectivity index (χ2n) is 40.1. The molecule has 624 valence electrons. The van der Waals surface area contributed by atoms with Crippen LogP contribution in [0.25, 0.3) is 0 Å². The summed E-state index contributed by atoms with van der Waals surface area (Å²) in [5.41, 5.74) is 16.0. The average molecular weight is 1580 g/mol. The van der Waals surface area contributed by atoms with Crippen LogP contribution in [0.3, 0.4) is 0 Å². The first-order valence-corrected chi connectivity index (χ1v) is 44.7.